The minimum Gasteiger partial charge on any atom is -0.480 e. The van der Waals surface area contributed by atoms with Crippen molar-refractivity contribution < 1.29 is 24.3 Å². The Labute approximate surface area is 119 Å². The van der Waals surface area contributed by atoms with E-state index < -0.39 is 23.7 Å². The number of carbonyl (C=O) groups excluding carboxylic acids is 1. The van der Waals surface area contributed by atoms with Gasteiger partial charge in [0, 0.05) is 12.8 Å². The number of halogens is 1. The Morgan fingerprint density at radius 1 is 1.63 bits per heavy atom. The molecule has 7 nitrogen and oxygen atoms in total. The van der Waals surface area contributed by atoms with Gasteiger partial charge >= 0.3 is 12.1 Å². The van der Waals surface area contributed by atoms with E-state index in [2.05, 4.69) is 26.4 Å². The normalized spacial score (nSPS) is 20.2. The molecule has 0 aromatic carbocycles. The molecular weight excluding hydrogens is 320 g/mol. The highest BCUT2D eigenvalue weighted by molar-refractivity contribution is 9.18. The lowest BCUT2D eigenvalue weighted by molar-refractivity contribution is -0.140. The summed E-state index contributed by atoms with van der Waals surface area (Å²) >= 11 is 3.16. The fraction of sp³-hybridized carbons (Fsp3) is 0.727. The van der Waals surface area contributed by atoms with Crippen molar-refractivity contribution in [1.29, 1.82) is 0 Å². The van der Waals surface area contributed by atoms with Crippen molar-refractivity contribution in [3.63, 3.8) is 0 Å². The molecule has 2 N–H and O–H groups in total. The average Bonchev–Trinajstić information content (AvgIpc) is 2.60. The molecule has 0 aromatic rings. The third kappa shape index (κ3) is 5.91. The molecule has 0 saturated carbocycles. The summed E-state index contributed by atoms with van der Waals surface area (Å²) in [6.45, 7) is 5.11. The van der Waals surface area contributed by atoms with Crippen molar-refractivity contribution in [1.82, 2.24) is 5.32 Å². The van der Waals surface area contributed by atoms with Crippen LogP contribution in [0.4, 0.5) is 4.79 Å². The summed E-state index contributed by atoms with van der Waals surface area (Å²) in [5.74, 6) is -1.14. The molecule has 8 heteroatoms. The van der Waals surface area contributed by atoms with Crippen LogP contribution in [0.5, 0.6) is 0 Å². The zero-order chi connectivity index (χ0) is 14.6. The van der Waals surface area contributed by atoms with Gasteiger partial charge in [-0.3, -0.25) is 0 Å². The van der Waals surface area contributed by atoms with Gasteiger partial charge in [0.05, 0.1) is 0 Å². The smallest absolute Gasteiger partial charge is 0.408 e. The lowest BCUT2D eigenvalue weighted by Gasteiger charge is -2.22. The SMILES string of the molecule is CC(C)(C)OC(=O)N[C@@H](C[C@H]1CC(Br)=NO1)C(=O)O. The number of alkyl carbamates (subject to hydrolysis) is 1. The third-order valence-corrected chi connectivity index (χ3v) is 2.65. The summed E-state index contributed by atoms with van der Waals surface area (Å²) in [7, 11) is 0. The Balaban J connectivity index is 2.50. The molecule has 0 bridgehead atoms. The Bertz CT molecular complexity index is 391. The van der Waals surface area contributed by atoms with Gasteiger partial charge in [0.15, 0.2) is 0 Å². The van der Waals surface area contributed by atoms with E-state index in [0.717, 1.165) is 0 Å². The first kappa shape index (κ1) is 15.7. The van der Waals surface area contributed by atoms with Crippen LogP contribution in [0.15, 0.2) is 5.16 Å². The first-order valence-corrected chi connectivity index (χ1v) is 6.57. The van der Waals surface area contributed by atoms with Crippen LogP contribution in [-0.4, -0.2) is 39.5 Å². The lowest BCUT2D eigenvalue weighted by atomic mass is 10.1. The maximum absolute atomic E-state index is 11.5. The van der Waals surface area contributed by atoms with Crippen LogP contribution in [0.25, 0.3) is 0 Å². The van der Waals surface area contributed by atoms with E-state index in [9.17, 15) is 9.59 Å². The number of amides is 1. The van der Waals surface area contributed by atoms with Crippen LogP contribution in [-0.2, 0) is 14.4 Å². The van der Waals surface area contributed by atoms with Crippen molar-refractivity contribution in [2.24, 2.45) is 5.16 Å². The Morgan fingerprint density at radius 2 is 2.26 bits per heavy atom. The molecule has 1 aliphatic heterocycles. The molecule has 0 aliphatic carbocycles. The maximum atomic E-state index is 11.5. The third-order valence-electron chi connectivity index (χ3n) is 2.18. The van der Waals surface area contributed by atoms with Crippen LogP contribution in [0.1, 0.15) is 33.6 Å². The molecule has 0 unspecified atom stereocenters. The van der Waals surface area contributed by atoms with Crippen LogP contribution < -0.4 is 5.32 Å². The number of aliphatic carboxylic acids is 1. The highest BCUT2D eigenvalue weighted by Crippen LogP contribution is 2.19. The van der Waals surface area contributed by atoms with Crippen LogP contribution >= 0.6 is 15.9 Å². The van der Waals surface area contributed by atoms with E-state index >= 15 is 0 Å². The molecule has 1 heterocycles. The number of oxime groups is 1. The molecule has 2 atom stereocenters. The number of hydrogen-bond acceptors (Lipinski definition) is 5. The summed E-state index contributed by atoms with van der Waals surface area (Å²) < 4.78 is 5.64. The van der Waals surface area contributed by atoms with Gasteiger partial charge in [-0.25, -0.2) is 9.59 Å². The highest BCUT2D eigenvalue weighted by Gasteiger charge is 2.30. The van der Waals surface area contributed by atoms with Crippen molar-refractivity contribution in [3.05, 3.63) is 0 Å². The molecule has 1 amide bonds. The maximum Gasteiger partial charge on any atom is 0.408 e. The fourth-order valence-electron chi connectivity index (χ4n) is 1.45. The monoisotopic (exact) mass is 336 g/mol. The van der Waals surface area contributed by atoms with Crippen LogP contribution in [0.2, 0.25) is 0 Å². The predicted molar refractivity (Wildman–Crippen MR) is 71.3 cm³/mol. The standard InChI is InChI=1S/C11H17BrN2O5/c1-11(2,3)18-10(17)13-7(9(15)16)4-6-5-8(12)14-19-6/h6-7H,4-5H2,1-3H3,(H,13,17)(H,15,16)/t6-,7-/m0/s1. The van der Waals surface area contributed by atoms with Crippen molar-refractivity contribution in [3.8, 4) is 0 Å². The van der Waals surface area contributed by atoms with E-state index in [4.69, 9.17) is 14.7 Å². The van der Waals surface area contributed by atoms with Crippen molar-refractivity contribution >= 4 is 32.6 Å². The van der Waals surface area contributed by atoms with Gasteiger partial charge in [0.25, 0.3) is 0 Å². The lowest BCUT2D eigenvalue weighted by Crippen LogP contribution is -2.45. The van der Waals surface area contributed by atoms with Crippen molar-refractivity contribution in [2.75, 3.05) is 0 Å². The van der Waals surface area contributed by atoms with E-state index in [1.165, 1.54) is 0 Å². The molecule has 1 rings (SSSR count). The zero-order valence-electron chi connectivity index (χ0n) is 11.0. The largest absolute Gasteiger partial charge is 0.480 e. The summed E-state index contributed by atoms with van der Waals surface area (Å²) in [5.41, 5.74) is -0.677. The van der Waals surface area contributed by atoms with Gasteiger partial charge in [0.1, 0.15) is 22.4 Å². The van der Waals surface area contributed by atoms with E-state index in [1.807, 2.05) is 0 Å². The summed E-state index contributed by atoms with van der Waals surface area (Å²) in [5, 5.41) is 15.0. The van der Waals surface area contributed by atoms with Gasteiger partial charge in [0.2, 0.25) is 0 Å². The zero-order valence-corrected chi connectivity index (χ0v) is 12.6. The second-order valence-corrected chi connectivity index (χ2v) is 6.09. The Morgan fingerprint density at radius 3 is 2.68 bits per heavy atom. The molecule has 0 saturated heterocycles. The summed E-state index contributed by atoms with van der Waals surface area (Å²) in [6.07, 6.45) is -0.532. The van der Waals surface area contributed by atoms with Gasteiger partial charge in [-0.05, 0) is 36.7 Å². The van der Waals surface area contributed by atoms with Gasteiger partial charge in [-0.1, -0.05) is 5.16 Å². The molecule has 0 radical (unpaired) electrons. The molecule has 0 aromatic heterocycles. The average molecular weight is 337 g/mol. The topological polar surface area (TPSA) is 97.2 Å². The number of carboxylic acid groups (broad SMARTS) is 1. The fourth-order valence-corrected chi connectivity index (χ4v) is 1.90. The number of nitrogens with zero attached hydrogens (tertiary/aromatic N) is 1. The Hall–Kier alpha value is -1.31. The number of nitrogens with one attached hydrogen (secondary N) is 1. The molecular formula is C11H17BrN2O5. The van der Waals surface area contributed by atoms with Gasteiger partial charge in [-0.15, -0.1) is 0 Å². The molecule has 108 valence electrons. The van der Waals surface area contributed by atoms with E-state index in [1.54, 1.807) is 20.8 Å². The Kier molecular flexibility index (Phi) is 5.16. The molecule has 0 fully saturated rings. The predicted octanol–water partition coefficient (Wildman–Crippen LogP) is 1.85. The van der Waals surface area contributed by atoms with E-state index in [0.29, 0.717) is 11.0 Å². The number of ether oxygens (including phenoxy) is 1. The van der Waals surface area contributed by atoms with Crippen molar-refractivity contribution in [2.45, 2.75) is 51.4 Å². The van der Waals surface area contributed by atoms with Crippen LogP contribution in [0.3, 0.4) is 0 Å². The minimum absolute atomic E-state index is 0.118. The number of carbonyl (C=O) groups is 2. The highest BCUT2D eigenvalue weighted by atomic mass is 79.9. The first-order valence-electron chi connectivity index (χ1n) is 5.78. The number of carboxylic acids is 1. The quantitative estimate of drug-likeness (QED) is 0.816. The second kappa shape index (κ2) is 6.23. The molecule has 1 aliphatic rings. The summed E-state index contributed by atoms with van der Waals surface area (Å²) in [4.78, 5) is 27.6. The number of hydrogen-bond donors (Lipinski definition) is 2. The van der Waals surface area contributed by atoms with Gasteiger partial charge in [-0.2, -0.15) is 0 Å². The molecule has 19 heavy (non-hydrogen) atoms. The van der Waals surface area contributed by atoms with E-state index in [-0.39, 0.29) is 12.5 Å². The minimum atomic E-state index is -1.14. The molecule has 0 spiro atoms. The second-order valence-electron chi connectivity index (χ2n) is 5.17. The number of rotatable bonds is 4. The van der Waals surface area contributed by atoms with Gasteiger partial charge < -0.3 is 20.0 Å². The van der Waals surface area contributed by atoms with Crippen LogP contribution in [0, 0.1) is 0 Å². The summed E-state index contributed by atoms with van der Waals surface area (Å²) in [6, 6.07) is -1.08. The first-order chi connectivity index (χ1) is 8.67.